The largest absolute Gasteiger partial charge is 0.481 e. The van der Waals surface area contributed by atoms with Crippen LogP contribution in [0.3, 0.4) is 0 Å². The van der Waals surface area contributed by atoms with Gasteiger partial charge in [-0.05, 0) is 5.92 Å². The van der Waals surface area contributed by atoms with E-state index in [0.717, 1.165) is 6.42 Å². The maximum absolute atomic E-state index is 10.2. The second-order valence-electron chi connectivity index (χ2n) is 3.18. The van der Waals surface area contributed by atoms with E-state index >= 15 is 0 Å². The molecule has 0 aromatic heterocycles. The lowest BCUT2D eigenvalue weighted by Gasteiger charge is -2.11. The fourth-order valence-corrected chi connectivity index (χ4v) is 0.621. The Balaban J connectivity index is 0. The average molecular weight is 220 g/mol. The highest BCUT2D eigenvalue weighted by Crippen LogP contribution is 2.04. The van der Waals surface area contributed by atoms with E-state index in [1.54, 1.807) is 0 Å². The zero-order valence-corrected chi connectivity index (χ0v) is 9.14. The number of carbonyl (C=O) groups is 2. The first-order valence-electron chi connectivity index (χ1n) is 4.77. The summed E-state index contributed by atoms with van der Waals surface area (Å²) in [5.74, 6) is -1.68. The number of rotatable bonds is 5. The Morgan fingerprint density at radius 1 is 1.33 bits per heavy atom. The fraction of sp³-hybridized carbons (Fsp3) is 0.778. The Hall–Kier alpha value is -1.14. The summed E-state index contributed by atoms with van der Waals surface area (Å²) in [6.45, 7) is 3.99. The molecule has 2 atom stereocenters. The topological polar surface area (TPSA) is 127 Å². The highest BCUT2D eigenvalue weighted by Gasteiger charge is 2.17. The number of carboxylic acid groups (broad SMARTS) is 2. The van der Waals surface area contributed by atoms with Crippen molar-refractivity contribution in [1.29, 1.82) is 0 Å². The molecule has 6 nitrogen and oxygen atoms in total. The predicted molar refractivity (Wildman–Crippen MR) is 56.4 cm³/mol. The van der Waals surface area contributed by atoms with Gasteiger partial charge >= 0.3 is 11.9 Å². The van der Waals surface area contributed by atoms with Gasteiger partial charge in [0.1, 0.15) is 6.04 Å². The zero-order valence-electron chi connectivity index (χ0n) is 9.14. The first kappa shape index (κ1) is 16.3. The molecule has 0 aromatic rings. The predicted octanol–water partition coefficient (Wildman–Crippen LogP) is -0.136. The van der Waals surface area contributed by atoms with E-state index in [1.807, 2.05) is 13.8 Å². The molecule has 0 saturated heterocycles. The third kappa shape index (κ3) is 10.8. The number of hydrogen-bond donors (Lipinski definition) is 4. The third-order valence-electron chi connectivity index (χ3n) is 1.90. The number of carboxylic acids is 2. The smallest absolute Gasteiger partial charge is 0.320 e. The van der Waals surface area contributed by atoms with Gasteiger partial charge in [0.2, 0.25) is 0 Å². The molecule has 2 unspecified atom stereocenters. The molecule has 15 heavy (non-hydrogen) atoms. The molecule has 90 valence electrons. The molecule has 0 bridgehead atoms. The first-order valence-corrected chi connectivity index (χ1v) is 4.77. The van der Waals surface area contributed by atoms with E-state index in [9.17, 15) is 9.59 Å². The molecule has 0 amide bonds. The van der Waals surface area contributed by atoms with Gasteiger partial charge in [-0.3, -0.25) is 9.59 Å². The number of aliphatic carboxylic acids is 2. The van der Waals surface area contributed by atoms with Crippen LogP contribution in [0, 0.1) is 5.92 Å². The summed E-state index contributed by atoms with van der Waals surface area (Å²) >= 11 is 0. The molecule has 0 aliphatic carbocycles. The summed E-state index contributed by atoms with van der Waals surface area (Å²) in [7, 11) is 0. The van der Waals surface area contributed by atoms with Crippen molar-refractivity contribution in [3.05, 3.63) is 0 Å². The molecule has 0 spiro atoms. The van der Waals surface area contributed by atoms with Gasteiger partial charge in [-0.15, -0.1) is 0 Å². The Kier molecular flexibility index (Phi) is 10.2. The van der Waals surface area contributed by atoms with Gasteiger partial charge in [0.15, 0.2) is 0 Å². The van der Waals surface area contributed by atoms with Crippen LogP contribution in [-0.4, -0.2) is 34.7 Å². The quantitative estimate of drug-likeness (QED) is 0.511. The molecule has 0 rings (SSSR count). The minimum atomic E-state index is -0.913. The molecular weight excluding hydrogens is 200 g/mol. The Morgan fingerprint density at radius 2 is 1.80 bits per heavy atom. The summed E-state index contributed by atoms with van der Waals surface area (Å²) in [6.07, 6.45) is 0.882. The van der Waals surface area contributed by atoms with Crippen LogP contribution in [0.5, 0.6) is 0 Å². The van der Waals surface area contributed by atoms with Crippen LogP contribution in [0.1, 0.15) is 26.7 Å². The maximum atomic E-state index is 10.2. The molecule has 6 heteroatoms. The van der Waals surface area contributed by atoms with Crippen molar-refractivity contribution < 1.29 is 19.8 Å². The van der Waals surface area contributed by atoms with E-state index in [-0.39, 0.29) is 18.9 Å². The van der Waals surface area contributed by atoms with E-state index < -0.39 is 18.0 Å². The molecule has 0 aliphatic heterocycles. The van der Waals surface area contributed by atoms with Gasteiger partial charge in [0, 0.05) is 6.54 Å². The van der Waals surface area contributed by atoms with Crippen molar-refractivity contribution >= 4 is 11.9 Å². The van der Waals surface area contributed by atoms with Crippen molar-refractivity contribution in [2.24, 2.45) is 17.4 Å². The highest BCUT2D eigenvalue weighted by atomic mass is 16.4. The molecule has 0 fully saturated rings. The van der Waals surface area contributed by atoms with Crippen LogP contribution < -0.4 is 11.5 Å². The van der Waals surface area contributed by atoms with Gasteiger partial charge in [-0.25, -0.2) is 0 Å². The molecule has 0 radical (unpaired) electrons. The molecule has 0 aliphatic rings. The summed E-state index contributed by atoms with van der Waals surface area (Å²) < 4.78 is 0. The molecular formula is C9H20N2O4. The lowest BCUT2D eigenvalue weighted by atomic mass is 10.0. The van der Waals surface area contributed by atoms with Gasteiger partial charge in [-0.1, -0.05) is 20.3 Å². The molecule has 0 aromatic carbocycles. The third-order valence-corrected chi connectivity index (χ3v) is 1.90. The molecule has 0 heterocycles. The van der Waals surface area contributed by atoms with Crippen molar-refractivity contribution in [3.63, 3.8) is 0 Å². The van der Waals surface area contributed by atoms with Crippen LogP contribution in [0.4, 0.5) is 0 Å². The van der Waals surface area contributed by atoms with Crippen molar-refractivity contribution in [2.45, 2.75) is 32.7 Å². The number of hydrogen-bond acceptors (Lipinski definition) is 4. The van der Waals surface area contributed by atoms with Crippen LogP contribution in [-0.2, 0) is 9.59 Å². The summed E-state index contributed by atoms with van der Waals surface area (Å²) in [5.41, 5.74) is 10.1. The minimum absolute atomic E-state index is 0.0694. The fourth-order valence-electron chi connectivity index (χ4n) is 0.621. The van der Waals surface area contributed by atoms with Crippen molar-refractivity contribution in [3.8, 4) is 0 Å². The summed E-state index contributed by atoms with van der Waals surface area (Å²) in [5, 5.41) is 16.2. The summed E-state index contributed by atoms with van der Waals surface area (Å²) in [6, 6.07) is -0.699. The maximum Gasteiger partial charge on any atom is 0.320 e. The molecule has 0 saturated carbocycles. The van der Waals surface area contributed by atoms with Crippen LogP contribution >= 0.6 is 0 Å². The van der Waals surface area contributed by atoms with Crippen molar-refractivity contribution in [1.82, 2.24) is 0 Å². The average Bonchev–Trinajstić information content (AvgIpc) is 2.16. The Morgan fingerprint density at radius 3 is 1.87 bits per heavy atom. The van der Waals surface area contributed by atoms with Crippen LogP contribution in [0.25, 0.3) is 0 Å². The monoisotopic (exact) mass is 220 g/mol. The second-order valence-corrected chi connectivity index (χ2v) is 3.18. The highest BCUT2D eigenvalue weighted by molar-refractivity contribution is 5.73. The normalized spacial score (nSPS) is 13.3. The second kappa shape index (κ2) is 9.42. The Labute approximate surface area is 89.3 Å². The SMILES string of the molecule is CCC(C)C(N)C(=O)O.NCCC(=O)O. The van der Waals surface area contributed by atoms with Crippen LogP contribution in [0.2, 0.25) is 0 Å². The first-order chi connectivity index (χ1) is 6.86. The van der Waals surface area contributed by atoms with Gasteiger partial charge in [0.25, 0.3) is 0 Å². The Bertz CT molecular complexity index is 197. The van der Waals surface area contributed by atoms with Crippen LogP contribution in [0.15, 0.2) is 0 Å². The van der Waals surface area contributed by atoms with Gasteiger partial charge in [-0.2, -0.15) is 0 Å². The van der Waals surface area contributed by atoms with E-state index in [0.29, 0.717) is 0 Å². The lowest BCUT2D eigenvalue weighted by molar-refractivity contribution is -0.140. The summed E-state index contributed by atoms with van der Waals surface area (Å²) in [4.78, 5) is 19.7. The van der Waals surface area contributed by atoms with Gasteiger partial charge < -0.3 is 21.7 Å². The minimum Gasteiger partial charge on any atom is -0.481 e. The van der Waals surface area contributed by atoms with E-state index in [2.05, 4.69) is 0 Å². The van der Waals surface area contributed by atoms with E-state index in [4.69, 9.17) is 21.7 Å². The zero-order chi connectivity index (χ0) is 12.4. The van der Waals surface area contributed by atoms with Gasteiger partial charge in [0.05, 0.1) is 6.42 Å². The van der Waals surface area contributed by atoms with Crippen molar-refractivity contribution in [2.75, 3.05) is 6.54 Å². The number of nitrogens with two attached hydrogens (primary N) is 2. The van der Waals surface area contributed by atoms with E-state index in [1.165, 1.54) is 0 Å². The molecule has 6 N–H and O–H groups in total. The standard InChI is InChI=1S/C6H13NO2.C3H7NO2/c1-3-4(2)5(7)6(8)9;4-2-1-3(5)6/h4-5H,3,7H2,1-2H3,(H,8,9);1-2,4H2,(H,5,6). The lowest BCUT2D eigenvalue weighted by Crippen LogP contribution is -2.36.